The number of hydrogen-bond donors (Lipinski definition) is 1. The van der Waals surface area contributed by atoms with Crippen molar-refractivity contribution in [2.45, 2.75) is 12.5 Å². The molecule has 1 N–H and O–H groups in total. The third kappa shape index (κ3) is 3.49. The predicted molar refractivity (Wildman–Crippen MR) is 88.7 cm³/mol. The van der Waals surface area contributed by atoms with Gasteiger partial charge in [-0.1, -0.05) is 12.1 Å². The summed E-state index contributed by atoms with van der Waals surface area (Å²) in [4.78, 5) is 3.92. The monoisotopic (exact) mass is 344 g/mol. The molecule has 1 atom stereocenters. The van der Waals surface area contributed by atoms with Gasteiger partial charge in [-0.15, -0.1) is 0 Å². The van der Waals surface area contributed by atoms with E-state index in [0.29, 0.717) is 17.2 Å². The minimum Gasteiger partial charge on any atom is -0.380 e. The van der Waals surface area contributed by atoms with E-state index in [0.717, 1.165) is 6.07 Å². The summed E-state index contributed by atoms with van der Waals surface area (Å²) in [5, 5.41) is 11.1. The average molecular weight is 344 g/mol. The second-order valence-corrected chi connectivity index (χ2v) is 5.76. The Balaban J connectivity index is 2.17. The Kier molecular flexibility index (Phi) is 4.46. The van der Waals surface area contributed by atoms with E-state index in [2.05, 4.69) is 4.98 Å². The van der Waals surface area contributed by atoms with Gasteiger partial charge >= 0.3 is 0 Å². The number of imidazole rings is 1. The van der Waals surface area contributed by atoms with Crippen molar-refractivity contribution in [1.82, 2.24) is 9.55 Å². The van der Waals surface area contributed by atoms with Crippen molar-refractivity contribution < 1.29 is 18.3 Å². The second kappa shape index (κ2) is 6.57. The van der Waals surface area contributed by atoms with Crippen molar-refractivity contribution in [3.8, 4) is 0 Å². The first kappa shape index (κ1) is 17.0. The molecule has 0 aliphatic carbocycles. The number of hydrogen-bond acceptors (Lipinski definition) is 2. The Bertz CT molecular complexity index is 901. The van der Waals surface area contributed by atoms with Crippen LogP contribution in [0, 0.1) is 17.5 Å². The van der Waals surface area contributed by atoms with Crippen LogP contribution >= 0.6 is 0 Å². The molecule has 3 aromatic rings. The molecule has 0 spiro atoms. The number of aliphatic hydroxyl groups is 1. The summed E-state index contributed by atoms with van der Waals surface area (Å²) in [6.45, 7) is 1.40. The number of aromatic nitrogens is 2. The fourth-order valence-electron chi connectivity index (χ4n) is 2.63. The van der Waals surface area contributed by atoms with Gasteiger partial charge in [0.2, 0.25) is 0 Å². The SMILES string of the molecule is CC(O)(C(=Cn1ccnc1)c1ccc(F)cc1)c1ccc(F)cc1F. The van der Waals surface area contributed by atoms with Crippen LogP contribution in [0.4, 0.5) is 13.2 Å². The number of nitrogens with zero attached hydrogens (tertiary/aromatic N) is 2. The molecule has 25 heavy (non-hydrogen) atoms. The highest BCUT2D eigenvalue weighted by atomic mass is 19.1. The summed E-state index contributed by atoms with van der Waals surface area (Å²) in [5.74, 6) is -2.04. The number of benzene rings is 2. The highest BCUT2D eigenvalue weighted by Gasteiger charge is 2.32. The molecule has 128 valence electrons. The lowest BCUT2D eigenvalue weighted by molar-refractivity contribution is 0.118. The minimum absolute atomic E-state index is 0.0930. The third-order valence-electron chi connectivity index (χ3n) is 3.94. The quantitative estimate of drug-likeness (QED) is 0.770. The van der Waals surface area contributed by atoms with Crippen LogP contribution in [0.2, 0.25) is 0 Å². The van der Waals surface area contributed by atoms with E-state index in [4.69, 9.17) is 0 Å². The van der Waals surface area contributed by atoms with Gasteiger partial charge < -0.3 is 9.67 Å². The van der Waals surface area contributed by atoms with Crippen LogP contribution in [-0.2, 0) is 5.60 Å². The van der Waals surface area contributed by atoms with Gasteiger partial charge in [0.1, 0.15) is 23.1 Å². The van der Waals surface area contributed by atoms with Gasteiger partial charge in [0.05, 0.1) is 6.33 Å². The van der Waals surface area contributed by atoms with Crippen LogP contribution in [0.3, 0.4) is 0 Å². The van der Waals surface area contributed by atoms with E-state index >= 15 is 0 Å². The molecule has 0 aliphatic rings. The summed E-state index contributed by atoms with van der Waals surface area (Å²) in [5.41, 5.74) is -1.09. The van der Waals surface area contributed by atoms with Crippen molar-refractivity contribution in [1.29, 1.82) is 0 Å². The minimum atomic E-state index is -1.79. The molecule has 0 saturated heterocycles. The fraction of sp³-hybridized carbons (Fsp3) is 0.105. The lowest BCUT2D eigenvalue weighted by Gasteiger charge is -2.28. The Morgan fingerprint density at radius 2 is 1.76 bits per heavy atom. The standard InChI is InChI=1S/C19H15F3N2O/c1-19(25,16-7-6-15(21)10-18(16)22)17(11-24-9-8-23-12-24)13-2-4-14(20)5-3-13/h2-12,25H,1H3. The molecule has 3 rings (SSSR count). The normalized spacial score (nSPS) is 14.4. The van der Waals surface area contributed by atoms with Gasteiger partial charge in [-0.25, -0.2) is 18.2 Å². The molecule has 0 bridgehead atoms. The van der Waals surface area contributed by atoms with Crippen molar-refractivity contribution in [3.05, 3.63) is 89.8 Å². The van der Waals surface area contributed by atoms with Crippen LogP contribution in [0.1, 0.15) is 18.1 Å². The molecular weight excluding hydrogens is 329 g/mol. The zero-order valence-electron chi connectivity index (χ0n) is 13.3. The van der Waals surface area contributed by atoms with E-state index in [1.165, 1.54) is 43.6 Å². The zero-order valence-corrected chi connectivity index (χ0v) is 13.3. The Morgan fingerprint density at radius 3 is 2.36 bits per heavy atom. The molecular formula is C19H15F3N2O. The van der Waals surface area contributed by atoms with E-state index in [1.807, 2.05) is 0 Å². The highest BCUT2D eigenvalue weighted by molar-refractivity contribution is 5.81. The maximum absolute atomic E-state index is 14.3. The summed E-state index contributed by atoms with van der Waals surface area (Å²) in [6, 6.07) is 8.43. The molecule has 1 unspecified atom stereocenters. The lowest BCUT2D eigenvalue weighted by atomic mass is 9.84. The topological polar surface area (TPSA) is 38.0 Å². The molecule has 1 heterocycles. The molecule has 2 aromatic carbocycles. The van der Waals surface area contributed by atoms with Gasteiger partial charge in [-0.2, -0.15) is 0 Å². The molecule has 0 saturated carbocycles. The molecule has 0 fully saturated rings. The fourth-order valence-corrected chi connectivity index (χ4v) is 2.63. The first-order valence-electron chi connectivity index (χ1n) is 7.51. The maximum Gasteiger partial charge on any atom is 0.132 e. The summed E-state index contributed by atoms with van der Waals surface area (Å²) in [6.07, 6.45) is 6.25. The second-order valence-electron chi connectivity index (χ2n) is 5.76. The van der Waals surface area contributed by atoms with Crippen LogP contribution in [0.5, 0.6) is 0 Å². The van der Waals surface area contributed by atoms with Gasteiger partial charge in [-0.05, 0) is 36.8 Å². The maximum atomic E-state index is 14.3. The van der Waals surface area contributed by atoms with E-state index in [1.54, 1.807) is 23.2 Å². The van der Waals surface area contributed by atoms with Crippen molar-refractivity contribution in [3.63, 3.8) is 0 Å². The van der Waals surface area contributed by atoms with E-state index in [9.17, 15) is 18.3 Å². The Morgan fingerprint density at radius 1 is 1.08 bits per heavy atom. The molecule has 3 nitrogen and oxygen atoms in total. The van der Waals surface area contributed by atoms with E-state index in [-0.39, 0.29) is 5.56 Å². The summed E-state index contributed by atoms with van der Waals surface area (Å²) in [7, 11) is 0. The summed E-state index contributed by atoms with van der Waals surface area (Å²) < 4.78 is 42.3. The number of halogens is 3. The van der Waals surface area contributed by atoms with Crippen molar-refractivity contribution >= 4 is 11.8 Å². The smallest absolute Gasteiger partial charge is 0.132 e. The highest BCUT2D eigenvalue weighted by Crippen LogP contribution is 2.38. The Hall–Kier alpha value is -2.86. The Labute approximate surface area is 142 Å². The molecule has 1 aromatic heterocycles. The van der Waals surface area contributed by atoms with Crippen LogP contribution in [0.25, 0.3) is 11.8 Å². The predicted octanol–water partition coefficient (Wildman–Crippen LogP) is 4.21. The van der Waals surface area contributed by atoms with Gasteiger partial charge in [0.15, 0.2) is 0 Å². The van der Waals surface area contributed by atoms with Gasteiger partial charge in [-0.3, -0.25) is 0 Å². The molecule has 0 radical (unpaired) electrons. The zero-order chi connectivity index (χ0) is 18.0. The van der Waals surface area contributed by atoms with Crippen molar-refractivity contribution in [2.75, 3.05) is 0 Å². The van der Waals surface area contributed by atoms with E-state index < -0.39 is 23.1 Å². The van der Waals surface area contributed by atoms with Gasteiger partial charge in [0.25, 0.3) is 0 Å². The third-order valence-corrected chi connectivity index (χ3v) is 3.94. The largest absolute Gasteiger partial charge is 0.380 e. The lowest BCUT2D eigenvalue weighted by Crippen LogP contribution is -2.25. The number of rotatable bonds is 4. The first-order valence-corrected chi connectivity index (χ1v) is 7.51. The average Bonchev–Trinajstić information content (AvgIpc) is 3.06. The first-order chi connectivity index (χ1) is 11.9. The summed E-state index contributed by atoms with van der Waals surface area (Å²) >= 11 is 0. The van der Waals surface area contributed by atoms with Crippen LogP contribution < -0.4 is 0 Å². The van der Waals surface area contributed by atoms with Gasteiger partial charge in [0, 0.05) is 35.8 Å². The van der Waals surface area contributed by atoms with Crippen LogP contribution in [0.15, 0.2) is 61.2 Å². The van der Waals surface area contributed by atoms with Crippen LogP contribution in [-0.4, -0.2) is 14.7 Å². The molecule has 0 aliphatic heterocycles. The molecule has 0 amide bonds. The van der Waals surface area contributed by atoms with Crippen molar-refractivity contribution in [2.24, 2.45) is 0 Å². The molecule has 6 heteroatoms.